The number of thiophene rings is 1. The molecule has 1 aromatic rings. The molecule has 0 atom stereocenters. The predicted octanol–water partition coefficient (Wildman–Crippen LogP) is 1.47. The second-order valence-corrected chi connectivity index (χ2v) is 3.22. The number of hydrogen-bond acceptors (Lipinski definition) is 3. The molecule has 50 valence electrons. The Balaban J connectivity index is 2.69. The van der Waals surface area contributed by atoms with Gasteiger partial charge in [0.15, 0.2) is 0 Å². The quantitative estimate of drug-likeness (QED) is 0.569. The monoisotopic (exact) mass is 206 g/mol. The van der Waals surface area contributed by atoms with E-state index in [4.69, 9.17) is 5.84 Å². The average molecular weight is 207 g/mol. The summed E-state index contributed by atoms with van der Waals surface area (Å²) in [6.07, 6.45) is 0. The topological polar surface area (TPSA) is 38.0 Å². The largest absolute Gasteiger partial charge is 0.271 e. The van der Waals surface area contributed by atoms with Crippen LogP contribution in [0.15, 0.2) is 15.2 Å². The molecule has 0 fully saturated rings. The maximum atomic E-state index is 5.12. The smallest absolute Gasteiger partial charge is 0.0368 e. The van der Waals surface area contributed by atoms with Gasteiger partial charge in [0.2, 0.25) is 0 Å². The predicted molar refractivity (Wildman–Crippen MR) is 43.0 cm³/mol. The maximum Gasteiger partial charge on any atom is 0.0368 e. The third-order valence-corrected chi connectivity index (χ3v) is 2.81. The summed E-state index contributed by atoms with van der Waals surface area (Å²) in [7, 11) is 0. The number of halogens is 1. The van der Waals surface area contributed by atoms with Gasteiger partial charge in [-0.25, -0.2) is 0 Å². The lowest BCUT2D eigenvalue weighted by atomic mass is 10.3. The average Bonchev–Trinajstić information content (AvgIpc) is 2.18. The van der Waals surface area contributed by atoms with E-state index in [-0.39, 0.29) is 0 Å². The molecular weight excluding hydrogens is 200 g/mol. The molecule has 2 nitrogen and oxygen atoms in total. The van der Waals surface area contributed by atoms with Gasteiger partial charge in [-0.15, -0.1) is 0 Å². The highest BCUT2D eigenvalue weighted by molar-refractivity contribution is 9.10. The summed E-state index contributed by atoms with van der Waals surface area (Å²) in [5.41, 5.74) is 3.80. The molecule has 1 aromatic heterocycles. The fourth-order valence-electron chi connectivity index (χ4n) is 0.544. The molecule has 0 amide bonds. The molecule has 1 rings (SSSR count). The van der Waals surface area contributed by atoms with E-state index in [1.165, 1.54) is 5.56 Å². The van der Waals surface area contributed by atoms with E-state index in [1.807, 2.05) is 5.38 Å². The van der Waals surface area contributed by atoms with E-state index in [1.54, 1.807) is 11.3 Å². The van der Waals surface area contributed by atoms with Crippen molar-refractivity contribution in [2.75, 3.05) is 0 Å². The number of rotatable bonds is 2. The molecule has 0 spiro atoms. The Morgan fingerprint density at radius 1 is 1.67 bits per heavy atom. The fraction of sp³-hybridized carbons (Fsp3) is 0.200. The van der Waals surface area contributed by atoms with Gasteiger partial charge >= 0.3 is 0 Å². The zero-order valence-electron chi connectivity index (χ0n) is 4.73. The molecule has 0 aliphatic rings. The van der Waals surface area contributed by atoms with Gasteiger partial charge in [0.05, 0.1) is 0 Å². The highest BCUT2D eigenvalue weighted by atomic mass is 79.9. The molecule has 0 unspecified atom stereocenters. The van der Waals surface area contributed by atoms with Crippen molar-refractivity contribution in [1.29, 1.82) is 0 Å². The van der Waals surface area contributed by atoms with Crippen LogP contribution in [0, 0.1) is 0 Å². The summed E-state index contributed by atoms with van der Waals surface area (Å²) in [6.45, 7) is 0.726. The lowest BCUT2D eigenvalue weighted by Gasteiger charge is -1.93. The molecular formula is C5H7BrN2S. The summed E-state index contributed by atoms with van der Waals surface area (Å²) in [5.74, 6) is 5.12. The van der Waals surface area contributed by atoms with E-state index in [0.29, 0.717) is 0 Å². The highest BCUT2D eigenvalue weighted by Gasteiger charge is 1.96. The van der Waals surface area contributed by atoms with E-state index < -0.39 is 0 Å². The second kappa shape index (κ2) is 3.31. The fourth-order valence-corrected chi connectivity index (χ4v) is 1.99. The lowest BCUT2D eigenvalue weighted by molar-refractivity contribution is 0.741. The Morgan fingerprint density at radius 2 is 2.44 bits per heavy atom. The molecule has 0 saturated heterocycles. The van der Waals surface area contributed by atoms with Gasteiger partial charge in [-0.3, -0.25) is 11.3 Å². The standard InChI is InChI=1S/C5H7BrN2S/c6-5-3-9-2-4(5)1-8-7/h2-3,8H,1,7H2. The van der Waals surface area contributed by atoms with Crippen LogP contribution >= 0.6 is 27.3 Å². The maximum absolute atomic E-state index is 5.12. The van der Waals surface area contributed by atoms with Gasteiger partial charge in [-0.2, -0.15) is 11.3 Å². The van der Waals surface area contributed by atoms with Crippen LogP contribution in [0.2, 0.25) is 0 Å². The van der Waals surface area contributed by atoms with Crippen LogP contribution in [0.5, 0.6) is 0 Å². The first-order valence-corrected chi connectivity index (χ1v) is 4.22. The molecule has 0 aromatic carbocycles. The molecule has 0 radical (unpaired) electrons. The summed E-state index contributed by atoms with van der Waals surface area (Å²) >= 11 is 5.05. The van der Waals surface area contributed by atoms with Gasteiger partial charge in [-0.05, 0) is 26.9 Å². The number of hydrogen-bond donors (Lipinski definition) is 2. The molecule has 4 heteroatoms. The van der Waals surface area contributed by atoms with Crippen LogP contribution in [0.25, 0.3) is 0 Å². The Labute approximate surface area is 66.2 Å². The van der Waals surface area contributed by atoms with E-state index in [9.17, 15) is 0 Å². The Hall–Kier alpha value is 0.100. The van der Waals surface area contributed by atoms with Crippen LogP contribution in [0.1, 0.15) is 5.56 Å². The summed E-state index contributed by atoms with van der Waals surface area (Å²) in [6, 6.07) is 0. The van der Waals surface area contributed by atoms with Gasteiger partial charge in [0.25, 0.3) is 0 Å². The Kier molecular flexibility index (Phi) is 2.65. The normalized spacial score (nSPS) is 10.0. The summed E-state index contributed by atoms with van der Waals surface area (Å²) in [4.78, 5) is 0. The van der Waals surface area contributed by atoms with Crippen molar-refractivity contribution in [2.24, 2.45) is 5.84 Å². The molecule has 9 heavy (non-hydrogen) atoms. The molecule has 0 aliphatic carbocycles. The van der Waals surface area contributed by atoms with Crippen molar-refractivity contribution in [3.63, 3.8) is 0 Å². The Morgan fingerprint density at radius 3 is 2.89 bits per heavy atom. The Bertz CT molecular complexity index is 187. The first-order valence-electron chi connectivity index (χ1n) is 2.48. The number of hydrazine groups is 1. The van der Waals surface area contributed by atoms with Crippen molar-refractivity contribution in [1.82, 2.24) is 5.43 Å². The minimum atomic E-state index is 0.726. The second-order valence-electron chi connectivity index (χ2n) is 1.63. The van der Waals surface area contributed by atoms with Crippen LogP contribution in [-0.4, -0.2) is 0 Å². The molecule has 0 saturated carbocycles. The van der Waals surface area contributed by atoms with Crippen molar-refractivity contribution >= 4 is 27.3 Å². The van der Waals surface area contributed by atoms with Crippen molar-refractivity contribution in [3.8, 4) is 0 Å². The minimum Gasteiger partial charge on any atom is -0.271 e. The van der Waals surface area contributed by atoms with E-state index in [2.05, 4.69) is 26.7 Å². The highest BCUT2D eigenvalue weighted by Crippen LogP contribution is 2.20. The number of nitrogens with two attached hydrogens (primary N) is 1. The SMILES string of the molecule is NNCc1cscc1Br. The molecule has 0 bridgehead atoms. The number of nitrogens with one attached hydrogen (secondary N) is 1. The first kappa shape index (κ1) is 7.21. The van der Waals surface area contributed by atoms with Gasteiger partial charge in [0.1, 0.15) is 0 Å². The van der Waals surface area contributed by atoms with E-state index >= 15 is 0 Å². The third kappa shape index (κ3) is 1.76. The van der Waals surface area contributed by atoms with Gasteiger partial charge in [-0.1, -0.05) is 0 Å². The first-order chi connectivity index (χ1) is 4.34. The van der Waals surface area contributed by atoms with Crippen LogP contribution in [0.4, 0.5) is 0 Å². The van der Waals surface area contributed by atoms with Gasteiger partial charge < -0.3 is 0 Å². The summed E-state index contributed by atoms with van der Waals surface area (Å²) in [5, 5.41) is 4.09. The molecule has 1 heterocycles. The van der Waals surface area contributed by atoms with E-state index in [0.717, 1.165) is 11.0 Å². The zero-order valence-corrected chi connectivity index (χ0v) is 7.13. The van der Waals surface area contributed by atoms with Crippen molar-refractivity contribution in [3.05, 3.63) is 20.8 Å². The summed E-state index contributed by atoms with van der Waals surface area (Å²) < 4.78 is 1.13. The lowest BCUT2D eigenvalue weighted by Crippen LogP contribution is -2.20. The van der Waals surface area contributed by atoms with Crippen molar-refractivity contribution in [2.45, 2.75) is 6.54 Å². The third-order valence-electron chi connectivity index (χ3n) is 0.981. The van der Waals surface area contributed by atoms with Gasteiger partial charge in [0, 0.05) is 16.4 Å². The molecule has 0 aliphatic heterocycles. The molecule has 3 N–H and O–H groups in total. The zero-order chi connectivity index (χ0) is 6.69. The van der Waals surface area contributed by atoms with Crippen LogP contribution in [-0.2, 0) is 6.54 Å². The van der Waals surface area contributed by atoms with Crippen molar-refractivity contribution < 1.29 is 0 Å². The van der Waals surface area contributed by atoms with Crippen LogP contribution in [0.3, 0.4) is 0 Å². The minimum absolute atomic E-state index is 0.726. The van der Waals surface area contributed by atoms with Crippen LogP contribution < -0.4 is 11.3 Å².